The minimum atomic E-state index is -1.04. The number of carbonyl (C=O) groups excluding carboxylic acids is 2. The van der Waals surface area contributed by atoms with E-state index in [0.717, 1.165) is 22.3 Å². The molecule has 0 radical (unpaired) electrons. The summed E-state index contributed by atoms with van der Waals surface area (Å²) in [5, 5.41) is 11.8. The zero-order valence-corrected chi connectivity index (χ0v) is 18.6. The molecular formula is C26H26N2O4. The molecule has 0 saturated carbocycles. The first kappa shape index (κ1) is 22.7. The molecule has 2 N–H and O–H groups in total. The molecule has 0 spiro atoms. The lowest BCUT2D eigenvalue weighted by molar-refractivity contribution is -0.114. The number of benzene rings is 3. The minimum absolute atomic E-state index is 0.129. The lowest BCUT2D eigenvalue weighted by Gasteiger charge is -2.24. The molecule has 6 nitrogen and oxygen atoms in total. The second kappa shape index (κ2) is 9.47. The third-order valence-electron chi connectivity index (χ3n) is 5.52. The Kier molecular flexibility index (Phi) is 6.73. The van der Waals surface area contributed by atoms with Crippen molar-refractivity contribution in [3.63, 3.8) is 0 Å². The number of amides is 2. The van der Waals surface area contributed by atoms with Crippen molar-refractivity contribution in [2.24, 2.45) is 0 Å². The van der Waals surface area contributed by atoms with Crippen LogP contribution in [0.15, 0.2) is 60.7 Å². The number of aromatic carboxylic acids is 1. The van der Waals surface area contributed by atoms with Gasteiger partial charge in [-0.25, -0.2) is 4.79 Å². The van der Waals surface area contributed by atoms with Crippen LogP contribution in [0.2, 0.25) is 0 Å². The van der Waals surface area contributed by atoms with Gasteiger partial charge >= 0.3 is 5.97 Å². The molecule has 3 aromatic carbocycles. The molecule has 3 rings (SSSR count). The van der Waals surface area contributed by atoms with E-state index in [1.54, 1.807) is 6.07 Å². The van der Waals surface area contributed by atoms with E-state index in [9.17, 15) is 14.4 Å². The van der Waals surface area contributed by atoms with E-state index in [1.807, 2.05) is 58.0 Å². The quantitative estimate of drug-likeness (QED) is 0.582. The highest BCUT2D eigenvalue weighted by Gasteiger charge is 2.22. The third-order valence-corrected chi connectivity index (χ3v) is 5.52. The van der Waals surface area contributed by atoms with Crippen LogP contribution in [0.3, 0.4) is 0 Å². The van der Waals surface area contributed by atoms with Gasteiger partial charge in [0.1, 0.15) is 6.54 Å². The fourth-order valence-corrected chi connectivity index (χ4v) is 3.24. The van der Waals surface area contributed by atoms with E-state index in [-0.39, 0.29) is 23.9 Å². The fourth-order valence-electron chi connectivity index (χ4n) is 3.24. The molecule has 0 bridgehead atoms. The zero-order chi connectivity index (χ0) is 23.4. The van der Waals surface area contributed by atoms with E-state index in [2.05, 4.69) is 5.32 Å². The second-order valence-electron chi connectivity index (χ2n) is 7.89. The molecule has 6 heteroatoms. The van der Waals surface area contributed by atoms with Crippen molar-refractivity contribution < 1.29 is 19.5 Å². The predicted octanol–water partition coefficient (Wildman–Crippen LogP) is 4.90. The summed E-state index contributed by atoms with van der Waals surface area (Å²) in [7, 11) is 0. The molecule has 0 fully saturated rings. The van der Waals surface area contributed by atoms with Gasteiger partial charge in [0.2, 0.25) is 5.91 Å². The molecule has 0 heterocycles. The molecule has 0 saturated heterocycles. The number of nitrogens with one attached hydrogen (secondary N) is 1. The molecule has 2 amide bonds. The van der Waals surface area contributed by atoms with Crippen LogP contribution in [0.4, 0.5) is 11.4 Å². The summed E-state index contributed by atoms with van der Waals surface area (Å²) in [5.41, 5.74) is 5.92. The van der Waals surface area contributed by atoms with Gasteiger partial charge in [0.25, 0.3) is 5.91 Å². The number of carboxylic acids is 1. The van der Waals surface area contributed by atoms with Gasteiger partial charge in [-0.2, -0.15) is 0 Å². The van der Waals surface area contributed by atoms with Gasteiger partial charge in [-0.15, -0.1) is 0 Å². The number of hydrogen-bond donors (Lipinski definition) is 2. The Morgan fingerprint density at radius 2 is 1.31 bits per heavy atom. The van der Waals surface area contributed by atoms with Gasteiger partial charge in [0.15, 0.2) is 0 Å². The van der Waals surface area contributed by atoms with Crippen LogP contribution in [0.5, 0.6) is 0 Å². The van der Waals surface area contributed by atoms with Crippen LogP contribution < -0.4 is 10.2 Å². The summed E-state index contributed by atoms with van der Waals surface area (Å²) in [5.74, 6) is -1.70. The summed E-state index contributed by atoms with van der Waals surface area (Å²) in [4.78, 5) is 38.7. The molecular weight excluding hydrogens is 404 g/mol. The Balaban J connectivity index is 1.88. The van der Waals surface area contributed by atoms with Crippen LogP contribution >= 0.6 is 0 Å². The SMILES string of the molecule is Cc1ccc(C(=O)N(CC(=O)Nc2ccc(C(=O)O)cc2)c2ccc(C)c(C)c2)cc1C. The molecule has 0 atom stereocenters. The molecule has 0 aromatic heterocycles. The van der Waals surface area contributed by atoms with Crippen LogP contribution in [0.1, 0.15) is 43.0 Å². The first-order valence-electron chi connectivity index (χ1n) is 10.3. The molecule has 0 aliphatic heterocycles. The van der Waals surface area contributed by atoms with Gasteiger partial charge < -0.3 is 10.4 Å². The van der Waals surface area contributed by atoms with Gasteiger partial charge in [0, 0.05) is 16.9 Å². The maximum absolute atomic E-state index is 13.4. The normalized spacial score (nSPS) is 10.5. The highest BCUT2D eigenvalue weighted by molar-refractivity contribution is 6.10. The largest absolute Gasteiger partial charge is 0.478 e. The third kappa shape index (κ3) is 5.21. The van der Waals surface area contributed by atoms with E-state index in [0.29, 0.717) is 16.9 Å². The van der Waals surface area contributed by atoms with Crippen LogP contribution in [-0.2, 0) is 4.79 Å². The van der Waals surface area contributed by atoms with Crippen molar-refractivity contribution in [1.29, 1.82) is 0 Å². The first-order valence-corrected chi connectivity index (χ1v) is 10.3. The molecule has 3 aromatic rings. The number of carbonyl (C=O) groups is 3. The molecule has 0 aliphatic rings. The standard InChI is InChI=1S/C26H26N2O4/c1-16-5-7-21(13-18(16)3)25(30)28(23-12-6-17(2)19(4)14-23)15-24(29)27-22-10-8-20(9-11-22)26(31)32/h5-14H,15H2,1-4H3,(H,27,29)(H,31,32). The Labute approximate surface area is 187 Å². The smallest absolute Gasteiger partial charge is 0.335 e. The average molecular weight is 431 g/mol. The number of nitrogens with zero attached hydrogens (tertiary/aromatic N) is 1. The van der Waals surface area contributed by atoms with Crippen molar-refractivity contribution in [1.82, 2.24) is 0 Å². The molecule has 0 unspecified atom stereocenters. The van der Waals surface area contributed by atoms with Crippen molar-refractivity contribution in [3.8, 4) is 0 Å². The monoisotopic (exact) mass is 430 g/mol. The summed E-state index contributed by atoms with van der Waals surface area (Å²) in [6.45, 7) is 7.69. The second-order valence-corrected chi connectivity index (χ2v) is 7.89. The predicted molar refractivity (Wildman–Crippen MR) is 126 cm³/mol. The Morgan fingerprint density at radius 3 is 1.88 bits per heavy atom. The minimum Gasteiger partial charge on any atom is -0.478 e. The first-order chi connectivity index (χ1) is 15.2. The molecule has 32 heavy (non-hydrogen) atoms. The number of rotatable bonds is 6. The van der Waals surface area contributed by atoms with Crippen molar-refractivity contribution in [3.05, 3.63) is 94.0 Å². The maximum atomic E-state index is 13.4. The number of hydrogen-bond acceptors (Lipinski definition) is 3. The van der Waals surface area contributed by atoms with E-state index in [4.69, 9.17) is 5.11 Å². The summed E-state index contributed by atoms with van der Waals surface area (Å²) in [6.07, 6.45) is 0. The highest BCUT2D eigenvalue weighted by atomic mass is 16.4. The summed E-state index contributed by atoms with van der Waals surface area (Å²) < 4.78 is 0. The van der Waals surface area contributed by atoms with Gasteiger partial charge in [-0.1, -0.05) is 12.1 Å². The summed E-state index contributed by atoms with van der Waals surface area (Å²) in [6, 6.07) is 17.0. The lowest BCUT2D eigenvalue weighted by atomic mass is 10.0. The van der Waals surface area contributed by atoms with Gasteiger partial charge in [0.05, 0.1) is 5.56 Å². The summed E-state index contributed by atoms with van der Waals surface area (Å²) >= 11 is 0. The van der Waals surface area contributed by atoms with Gasteiger partial charge in [-0.3, -0.25) is 14.5 Å². The number of anilines is 2. The Morgan fingerprint density at radius 1 is 0.750 bits per heavy atom. The van der Waals surface area contributed by atoms with Crippen molar-refractivity contribution in [2.75, 3.05) is 16.8 Å². The number of aryl methyl sites for hydroxylation is 4. The van der Waals surface area contributed by atoms with E-state index >= 15 is 0 Å². The topological polar surface area (TPSA) is 86.7 Å². The van der Waals surface area contributed by atoms with Crippen LogP contribution in [-0.4, -0.2) is 29.4 Å². The van der Waals surface area contributed by atoms with Gasteiger partial charge in [-0.05, 0) is 98.5 Å². The lowest BCUT2D eigenvalue weighted by Crippen LogP contribution is -2.38. The molecule has 0 aliphatic carbocycles. The van der Waals surface area contributed by atoms with Crippen LogP contribution in [0.25, 0.3) is 0 Å². The zero-order valence-electron chi connectivity index (χ0n) is 18.6. The highest BCUT2D eigenvalue weighted by Crippen LogP contribution is 2.22. The van der Waals surface area contributed by atoms with E-state index in [1.165, 1.54) is 29.2 Å². The van der Waals surface area contributed by atoms with Crippen molar-refractivity contribution in [2.45, 2.75) is 27.7 Å². The number of carboxylic acid groups (broad SMARTS) is 1. The maximum Gasteiger partial charge on any atom is 0.335 e. The Hall–Kier alpha value is -3.93. The average Bonchev–Trinajstić information content (AvgIpc) is 2.76. The van der Waals surface area contributed by atoms with Crippen molar-refractivity contribution >= 4 is 29.2 Å². The van der Waals surface area contributed by atoms with Crippen LogP contribution in [0, 0.1) is 27.7 Å². The molecule has 164 valence electrons. The Bertz CT molecular complexity index is 1180. The fraction of sp³-hybridized carbons (Fsp3) is 0.192. The van der Waals surface area contributed by atoms with E-state index < -0.39 is 5.97 Å².